The molecule has 2 amide bonds. The van der Waals surface area contributed by atoms with Crippen LogP contribution in [0, 0.1) is 12.7 Å². The molecule has 0 aliphatic carbocycles. The molecule has 0 radical (unpaired) electrons. The van der Waals surface area contributed by atoms with Gasteiger partial charge in [0.1, 0.15) is 28.9 Å². The van der Waals surface area contributed by atoms with Gasteiger partial charge in [0.25, 0.3) is 5.56 Å². The Labute approximate surface area is 282 Å². The minimum Gasteiger partial charge on any atom is -0.496 e. The summed E-state index contributed by atoms with van der Waals surface area (Å²) >= 11 is 6.93. The third kappa shape index (κ3) is 5.51. The Balaban J connectivity index is 1.66. The highest BCUT2D eigenvalue weighted by Gasteiger charge is 2.45. The molecule has 0 unspecified atom stereocenters. The first-order chi connectivity index (χ1) is 22.6. The van der Waals surface area contributed by atoms with Crippen LogP contribution in [0.4, 0.5) is 20.6 Å². The van der Waals surface area contributed by atoms with Gasteiger partial charge in [-0.1, -0.05) is 31.5 Å². The number of carbonyl (C=O) groups is 2. The van der Waals surface area contributed by atoms with Crippen LogP contribution < -0.4 is 20.5 Å². The summed E-state index contributed by atoms with van der Waals surface area (Å²) in [6.45, 7) is 13.2. The lowest BCUT2D eigenvalue weighted by atomic mass is 9.99. The van der Waals surface area contributed by atoms with Crippen LogP contribution in [0.5, 0.6) is 5.75 Å². The second-order valence-corrected chi connectivity index (χ2v) is 13.9. The average molecular weight is 677 g/mol. The van der Waals surface area contributed by atoms with Crippen molar-refractivity contribution in [3.63, 3.8) is 0 Å². The summed E-state index contributed by atoms with van der Waals surface area (Å²) in [6, 6.07) is 6.62. The lowest BCUT2D eigenvalue weighted by molar-refractivity contribution is -0.118. The third-order valence-corrected chi connectivity index (χ3v) is 8.93. The monoisotopic (exact) mass is 676 g/mol. The highest BCUT2D eigenvalue weighted by atomic mass is 35.5. The minimum atomic E-state index is -0.837. The number of pyridine rings is 3. The van der Waals surface area contributed by atoms with Crippen LogP contribution in [0.2, 0.25) is 5.02 Å². The van der Waals surface area contributed by atoms with Gasteiger partial charge in [-0.2, -0.15) is 0 Å². The van der Waals surface area contributed by atoms with Crippen LogP contribution in [0.1, 0.15) is 58.7 Å². The number of amides is 2. The summed E-state index contributed by atoms with van der Waals surface area (Å²) in [5.74, 6) is -0.910. The van der Waals surface area contributed by atoms with E-state index in [1.165, 1.54) is 28.7 Å². The van der Waals surface area contributed by atoms with E-state index in [1.54, 1.807) is 45.2 Å². The molecule has 0 saturated carbocycles. The predicted molar refractivity (Wildman–Crippen MR) is 183 cm³/mol. The van der Waals surface area contributed by atoms with Crippen molar-refractivity contribution in [1.82, 2.24) is 19.4 Å². The maximum atomic E-state index is 15.5. The Morgan fingerprint density at radius 1 is 1.15 bits per heavy atom. The van der Waals surface area contributed by atoms with Crippen LogP contribution in [-0.2, 0) is 9.53 Å². The Morgan fingerprint density at radius 2 is 1.88 bits per heavy atom. The number of nitrogens with one attached hydrogen (secondary N) is 1. The van der Waals surface area contributed by atoms with Gasteiger partial charge in [-0.25, -0.2) is 14.2 Å². The first-order valence-electron chi connectivity index (χ1n) is 15.8. The summed E-state index contributed by atoms with van der Waals surface area (Å²) in [5, 5.41) is 3.41. The smallest absolute Gasteiger partial charge is 0.410 e. The molecule has 2 atom stereocenters. The van der Waals surface area contributed by atoms with Crippen molar-refractivity contribution in [2.24, 2.45) is 0 Å². The summed E-state index contributed by atoms with van der Waals surface area (Å²) in [7, 11) is 1.42. The maximum Gasteiger partial charge on any atom is 0.410 e. The Hall–Kier alpha value is -4.71. The molecule has 6 rings (SSSR count). The predicted octanol–water partition coefficient (Wildman–Crippen LogP) is 6.45. The Kier molecular flexibility index (Phi) is 8.35. The van der Waals surface area contributed by atoms with Gasteiger partial charge in [0, 0.05) is 24.2 Å². The number of piperazine rings is 1. The van der Waals surface area contributed by atoms with E-state index in [2.05, 4.69) is 10.3 Å². The normalized spacial score (nSPS) is 17.7. The number of rotatable bonds is 4. The Bertz CT molecular complexity index is 2040. The van der Waals surface area contributed by atoms with Crippen molar-refractivity contribution < 1.29 is 23.5 Å². The third-order valence-electron chi connectivity index (χ3n) is 8.64. The Morgan fingerprint density at radius 3 is 2.54 bits per heavy atom. The van der Waals surface area contributed by atoms with Gasteiger partial charge in [-0.3, -0.25) is 19.1 Å². The summed E-state index contributed by atoms with van der Waals surface area (Å²) in [6.07, 6.45) is 1.15. The number of ether oxygens (including phenoxy) is 2. The van der Waals surface area contributed by atoms with Crippen LogP contribution in [0.25, 0.3) is 28.0 Å². The van der Waals surface area contributed by atoms with Gasteiger partial charge < -0.3 is 24.6 Å². The lowest BCUT2D eigenvalue weighted by Gasteiger charge is -2.48. The van der Waals surface area contributed by atoms with Crippen molar-refractivity contribution in [2.45, 2.75) is 72.1 Å². The van der Waals surface area contributed by atoms with E-state index < -0.39 is 35.0 Å². The van der Waals surface area contributed by atoms with Gasteiger partial charge in [0.2, 0.25) is 5.91 Å². The molecule has 11 nitrogen and oxygen atoms in total. The van der Waals surface area contributed by atoms with Crippen molar-refractivity contribution in [2.75, 3.05) is 30.4 Å². The SMILES string of the molecule is COc1cccc(F)c1-c1nc2c(cc1Cl)c1c(c(=O)n2-c2c(C)ccnc2C(C)C)NC(=O)[C@H]2CN(C(=O)OC(C)(C)C)[C@H](C)CN12. The highest BCUT2D eigenvalue weighted by Crippen LogP contribution is 2.44. The number of anilines is 2. The zero-order valence-corrected chi connectivity index (χ0v) is 28.9. The molecule has 2 aliphatic heterocycles. The molecule has 1 aromatic carbocycles. The van der Waals surface area contributed by atoms with Crippen LogP contribution >= 0.6 is 11.6 Å². The zero-order valence-electron chi connectivity index (χ0n) is 28.1. The fourth-order valence-corrected chi connectivity index (χ4v) is 6.72. The highest BCUT2D eigenvalue weighted by molar-refractivity contribution is 6.34. The summed E-state index contributed by atoms with van der Waals surface area (Å²) in [4.78, 5) is 54.6. The van der Waals surface area contributed by atoms with E-state index in [4.69, 9.17) is 26.1 Å². The van der Waals surface area contributed by atoms with E-state index in [0.717, 1.165) is 5.56 Å². The quantitative estimate of drug-likeness (QED) is 0.262. The fraction of sp³-hybridized carbons (Fsp3) is 0.400. The van der Waals surface area contributed by atoms with E-state index in [9.17, 15) is 14.4 Å². The van der Waals surface area contributed by atoms with Crippen molar-refractivity contribution >= 4 is 46.0 Å². The van der Waals surface area contributed by atoms with E-state index in [0.29, 0.717) is 22.5 Å². The molecule has 0 bridgehead atoms. The van der Waals surface area contributed by atoms with Gasteiger partial charge >= 0.3 is 6.09 Å². The number of aryl methyl sites for hydroxylation is 1. The molecule has 252 valence electrons. The van der Waals surface area contributed by atoms with Gasteiger partial charge in [0.15, 0.2) is 5.65 Å². The average Bonchev–Trinajstić information content (AvgIpc) is 3.00. The second kappa shape index (κ2) is 12.1. The maximum absolute atomic E-state index is 15.5. The second-order valence-electron chi connectivity index (χ2n) is 13.5. The van der Waals surface area contributed by atoms with Crippen LogP contribution in [-0.4, -0.2) is 69.3 Å². The summed E-state index contributed by atoms with van der Waals surface area (Å²) in [5.41, 5.74) is 1.42. The van der Waals surface area contributed by atoms with Crippen molar-refractivity contribution in [3.05, 3.63) is 69.0 Å². The van der Waals surface area contributed by atoms with Crippen molar-refractivity contribution in [3.8, 4) is 22.7 Å². The van der Waals surface area contributed by atoms with E-state index >= 15 is 4.39 Å². The zero-order chi connectivity index (χ0) is 34.8. The topological polar surface area (TPSA) is 119 Å². The van der Waals surface area contributed by atoms with Gasteiger partial charge in [-0.05, 0) is 70.4 Å². The number of hydrogen-bond acceptors (Lipinski definition) is 8. The number of halogens is 2. The van der Waals surface area contributed by atoms with Gasteiger partial charge in [0.05, 0.1) is 47.0 Å². The standard InChI is InChI=1S/C35H38ClFN6O5/c1-17(2)26-29(18(3)12-13-38-26)43-31-20(14-21(36)27(39-31)25-22(37)10-9-11-24(25)47-8)30-28(33(43)45)40-32(44)23-16-41(19(4)15-42(23)30)34(46)48-35(5,6)7/h9-14,17,19,23H,15-16H2,1-8H3,(H,40,44)/t19-,23-/m1/s1. The first kappa shape index (κ1) is 33.2. The molecule has 1 saturated heterocycles. The number of hydrogen-bond donors (Lipinski definition) is 1. The molecular weight excluding hydrogens is 639 g/mol. The molecule has 3 aromatic heterocycles. The van der Waals surface area contributed by atoms with E-state index in [-0.39, 0.29) is 58.4 Å². The molecule has 5 heterocycles. The molecule has 13 heteroatoms. The molecule has 4 aromatic rings. The van der Waals surface area contributed by atoms with Crippen molar-refractivity contribution in [1.29, 1.82) is 0 Å². The number of methoxy groups -OCH3 is 1. The summed E-state index contributed by atoms with van der Waals surface area (Å²) < 4.78 is 28.0. The molecule has 48 heavy (non-hydrogen) atoms. The molecule has 2 aliphatic rings. The fourth-order valence-electron chi connectivity index (χ4n) is 6.48. The minimum absolute atomic E-state index is 0.0246. The largest absolute Gasteiger partial charge is 0.496 e. The number of carbonyl (C=O) groups excluding carboxylic acids is 2. The number of aromatic nitrogens is 3. The van der Waals surface area contributed by atoms with Crippen LogP contribution in [0.3, 0.4) is 0 Å². The number of nitrogens with zero attached hydrogens (tertiary/aromatic N) is 5. The van der Waals surface area contributed by atoms with Gasteiger partial charge in [-0.15, -0.1) is 0 Å². The number of fused-ring (bicyclic) bond motifs is 5. The lowest BCUT2D eigenvalue weighted by Crippen LogP contribution is -2.65. The first-order valence-corrected chi connectivity index (χ1v) is 16.2. The number of benzene rings is 1. The van der Waals surface area contributed by atoms with Crippen LogP contribution in [0.15, 0.2) is 41.3 Å². The molecular formula is C35H38ClFN6O5. The molecule has 1 fully saturated rings. The molecule has 0 spiro atoms. The molecule has 1 N–H and O–H groups in total. The van der Waals surface area contributed by atoms with E-state index in [1.807, 2.05) is 32.6 Å².